The summed E-state index contributed by atoms with van der Waals surface area (Å²) in [5.41, 5.74) is 0. The Bertz CT molecular complexity index is 500. The average Bonchev–Trinajstić information content (AvgIpc) is 3.05. The van der Waals surface area contributed by atoms with Crippen LogP contribution < -0.4 is 5.32 Å². The number of nitrogens with one attached hydrogen (secondary N) is 1. The van der Waals surface area contributed by atoms with Crippen LogP contribution >= 0.6 is 11.3 Å². The van der Waals surface area contributed by atoms with E-state index in [0.29, 0.717) is 5.76 Å². The van der Waals surface area contributed by atoms with Crippen LogP contribution in [-0.4, -0.2) is 5.91 Å². The second-order valence-electron chi connectivity index (χ2n) is 3.83. The van der Waals surface area contributed by atoms with Gasteiger partial charge in [0.25, 0.3) is 0 Å². The Morgan fingerprint density at radius 3 is 3.00 bits per heavy atom. The van der Waals surface area contributed by atoms with Gasteiger partial charge in [0.2, 0.25) is 5.91 Å². The fourth-order valence-electron chi connectivity index (χ4n) is 1.63. The summed E-state index contributed by atoms with van der Waals surface area (Å²) in [5.74, 6) is 0.570. The molecule has 1 amide bonds. The molecule has 0 aromatic carbocycles. The Balaban J connectivity index is 1.94. The highest BCUT2D eigenvalue weighted by atomic mass is 32.1. The van der Waals surface area contributed by atoms with E-state index in [1.54, 1.807) is 35.8 Å². The molecule has 3 nitrogen and oxygen atoms in total. The molecule has 4 heteroatoms. The Morgan fingerprint density at radius 1 is 1.50 bits per heavy atom. The van der Waals surface area contributed by atoms with Gasteiger partial charge < -0.3 is 9.73 Å². The molecule has 2 heterocycles. The van der Waals surface area contributed by atoms with Crippen LogP contribution in [-0.2, 0) is 4.79 Å². The number of hydrogen-bond acceptors (Lipinski definition) is 3. The van der Waals surface area contributed by atoms with Crippen LogP contribution in [0.15, 0.2) is 46.4 Å². The van der Waals surface area contributed by atoms with Gasteiger partial charge in [-0.3, -0.25) is 4.79 Å². The van der Waals surface area contributed by atoms with Crippen molar-refractivity contribution in [1.82, 2.24) is 5.32 Å². The molecule has 1 N–H and O–H groups in total. The van der Waals surface area contributed by atoms with Crippen molar-refractivity contribution in [3.63, 3.8) is 0 Å². The highest BCUT2D eigenvalue weighted by Gasteiger charge is 2.11. The van der Waals surface area contributed by atoms with Gasteiger partial charge in [-0.15, -0.1) is 11.3 Å². The predicted octanol–water partition coefficient (Wildman–Crippen LogP) is 3.62. The van der Waals surface area contributed by atoms with Gasteiger partial charge >= 0.3 is 0 Å². The summed E-state index contributed by atoms with van der Waals surface area (Å²) in [6, 6.07) is 7.71. The second kappa shape index (κ2) is 6.21. The molecule has 0 aliphatic heterocycles. The van der Waals surface area contributed by atoms with Crippen molar-refractivity contribution in [2.45, 2.75) is 19.4 Å². The molecule has 2 aromatic rings. The van der Waals surface area contributed by atoms with E-state index in [1.165, 1.54) is 11.0 Å². The van der Waals surface area contributed by atoms with Crippen LogP contribution in [0.2, 0.25) is 0 Å². The van der Waals surface area contributed by atoms with Gasteiger partial charge in [-0.2, -0.15) is 0 Å². The van der Waals surface area contributed by atoms with Gasteiger partial charge in [-0.25, -0.2) is 0 Å². The van der Waals surface area contributed by atoms with Crippen molar-refractivity contribution in [2.24, 2.45) is 0 Å². The molecule has 2 rings (SSSR count). The van der Waals surface area contributed by atoms with E-state index in [9.17, 15) is 4.79 Å². The number of furan rings is 1. The van der Waals surface area contributed by atoms with E-state index < -0.39 is 0 Å². The van der Waals surface area contributed by atoms with Crippen molar-refractivity contribution in [3.8, 4) is 0 Å². The van der Waals surface area contributed by atoms with E-state index in [4.69, 9.17) is 4.42 Å². The van der Waals surface area contributed by atoms with Crippen molar-refractivity contribution in [1.29, 1.82) is 0 Å². The van der Waals surface area contributed by atoms with E-state index in [1.807, 2.05) is 17.5 Å². The molecule has 0 fully saturated rings. The summed E-state index contributed by atoms with van der Waals surface area (Å²) >= 11 is 1.66. The fraction of sp³-hybridized carbons (Fsp3) is 0.214. The molecule has 1 atom stereocenters. The molecule has 0 spiro atoms. The molecule has 0 bridgehead atoms. The van der Waals surface area contributed by atoms with Crippen molar-refractivity contribution in [2.75, 3.05) is 0 Å². The first-order valence-corrected chi connectivity index (χ1v) is 6.73. The zero-order valence-corrected chi connectivity index (χ0v) is 10.9. The van der Waals surface area contributed by atoms with Gasteiger partial charge in [-0.05, 0) is 36.1 Å². The molecule has 1 unspecified atom stereocenters. The van der Waals surface area contributed by atoms with Gasteiger partial charge in [0.15, 0.2) is 0 Å². The number of carbonyl (C=O) groups is 1. The summed E-state index contributed by atoms with van der Waals surface area (Å²) in [6.07, 6.45) is 5.62. The highest BCUT2D eigenvalue weighted by Crippen LogP contribution is 2.21. The average molecular weight is 261 g/mol. The minimum absolute atomic E-state index is 0.0822. The maximum absolute atomic E-state index is 11.8. The normalized spacial score (nSPS) is 12.7. The van der Waals surface area contributed by atoms with Crippen LogP contribution in [0, 0.1) is 0 Å². The molecule has 94 valence electrons. The van der Waals surface area contributed by atoms with E-state index in [0.717, 1.165) is 6.42 Å². The second-order valence-corrected chi connectivity index (χ2v) is 4.81. The van der Waals surface area contributed by atoms with Crippen LogP contribution in [0.1, 0.15) is 30.0 Å². The number of thiophene rings is 1. The van der Waals surface area contributed by atoms with Crippen molar-refractivity contribution < 1.29 is 9.21 Å². The molecule has 18 heavy (non-hydrogen) atoms. The lowest BCUT2D eigenvalue weighted by Crippen LogP contribution is -2.25. The van der Waals surface area contributed by atoms with Gasteiger partial charge in [0, 0.05) is 11.0 Å². The molecule has 2 aromatic heterocycles. The first-order chi connectivity index (χ1) is 8.79. The maximum atomic E-state index is 11.8. The number of amides is 1. The predicted molar refractivity (Wildman–Crippen MR) is 73.2 cm³/mol. The molecule has 0 saturated carbocycles. The molecular weight excluding hydrogens is 246 g/mol. The zero-order valence-electron chi connectivity index (χ0n) is 10.1. The Morgan fingerprint density at radius 2 is 2.39 bits per heavy atom. The van der Waals surface area contributed by atoms with Gasteiger partial charge in [0.1, 0.15) is 5.76 Å². The lowest BCUT2D eigenvalue weighted by Gasteiger charge is -2.13. The van der Waals surface area contributed by atoms with E-state index in [-0.39, 0.29) is 11.9 Å². The summed E-state index contributed by atoms with van der Waals surface area (Å²) in [4.78, 5) is 12.9. The number of hydrogen-bond donors (Lipinski definition) is 1. The first kappa shape index (κ1) is 12.6. The standard InChI is InChI=1S/C14H15NO2S/c1-2-12(13-6-4-10-18-13)15-14(16)8-7-11-5-3-9-17-11/h3-10,12H,2H2,1H3,(H,15,16). The topological polar surface area (TPSA) is 42.2 Å². The smallest absolute Gasteiger partial charge is 0.244 e. The fourth-order valence-corrected chi connectivity index (χ4v) is 2.49. The zero-order chi connectivity index (χ0) is 12.8. The quantitative estimate of drug-likeness (QED) is 0.835. The van der Waals surface area contributed by atoms with E-state index in [2.05, 4.69) is 12.2 Å². The Labute approximate surface area is 110 Å². The monoisotopic (exact) mass is 261 g/mol. The minimum atomic E-state index is -0.105. The third kappa shape index (κ3) is 3.34. The first-order valence-electron chi connectivity index (χ1n) is 5.85. The highest BCUT2D eigenvalue weighted by molar-refractivity contribution is 7.10. The van der Waals surface area contributed by atoms with Crippen LogP contribution in [0.25, 0.3) is 6.08 Å². The lowest BCUT2D eigenvalue weighted by molar-refractivity contribution is -0.117. The third-order valence-electron chi connectivity index (χ3n) is 2.55. The Kier molecular flexibility index (Phi) is 4.36. The largest absolute Gasteiger partial charge is 0.465 e. The summed E-state index contributed by atoms with van der Waals surface area (Å²) in [7, 11) is 0. The SMILES string of the molecule is CCC(NC(=O)C=Cc1ccco1)c1cccs1. The molecular formula is C14H15NO2S. The maximum Gasteiger partial charge on any atom is 0.244 e. The van der Waals surface area contributed by atoms with Crippen LogP contribution in [0.4, 0.5) is 0 Å². The molecule has 0 saturated heterocycles. The van der Waals surface area contributed by atoms with Crippen LogP contribution in [0.5, 0.6) is 0 Å². The van der Waals surface area contributed by atoms with E-state index >= 15 is 0 Å². The summed E-state index contributed by atoms with van der Waals surface area (Å²) in [5, 5.41) is 4.99. The third-order valence-corrected chi connectivity index (χ3v) is 3.54. The number of rotatable bonds is 5. The van der Waals surface area contributed by atoms with Crippen molar-refractivity contribution >= 4 is 23.3 Å². The van der Waals surface area contributed by atoms with Gasteiger partial charge in [0.05, 0.1) is 12.3 Å². The number of carbonyl (C=O) groups excluding carboxylic acids is 1. The van der Waals surface area contributed by atoms with Crippen LogP contribution in [0.3, 0.4) is 0 Å². The summed E-state index contributed by atoms with van der Waals surface area (Å²) in [6.45, 7) is 2.06. The Hall–Kier alpha value is -1.81. The van der Waals surface area contributed by atoms with Gasteiger partial charge in [-0.1, -0.05) is 13.0 Å². The lowest BCUT2D eigenvalue weighted by atomic mass is 10.2. The minimum Gasteiger partial charge on any atom is -0.465 e. The summed E-state index contributed by atoms with van der Waals surface area (Å²) < 4.78 is 5.12. The van der Waals surface area contributed by atoms with Crippen molar-refractivity contribution in [3.05, 3.63) is 52.6 Å². The molecule has 0 radical (unpaired) electrons. The molecule has 0 aliphatic rings. The molecule has 0 aliphatic carbocycles.